The van der Waals surface area contributed by atoms with Crippen LogP contribution < -0.4 is 11.1 Å². The van der Waals surface area contributed by atoms with E-state index in [-0.39, 0.29) is 0 Å². The summed E-state index contributed by atoms with van der Waals surface area (Å²) in [7, 11) is 0. The van der Waals surface area contributed by atoms with E-state index in [1.165, 1.54) is 11.8 Å². The van der Waals surface area contributed by atoms with E-state index in [1.54, 1.807) is 0 Å². The number of amides is 3. The van der Waals surface area contributed by atoms with Gasteiger partial charge >= 0.3 is 6.03 Å². The Morgan fingerprint density at radius 2 is 1.68 bits per heavy atom. The molecule has 3 N–H and O–H groups in total. The molecule has 1 aliphatic rings. The van der Waals surface area contributed by atoms with Gasteiger partial charge in [0, 0.05) is 11.6 Å². The minimum absolute atomic E-state index is 0.386. The lowest BCUT2D eigenvalue weighted by atomic mass is 10.1. The van der Waals surface area contributed by atoms with Crippen molar-refractivity contribution in [2.75, 3.05) is 0 Å². The number of rotatable bonds is 6. The molecule has 0 bridgehead atoms. The number of carbonyl (C=O) groups is 2. The van der Waals surface area contributed by atoms with E-state index >= 15 is 0 Å². The topological polar surface area (TPSA) is 103 Å². The van der Waals surface area contributed by atoms with Crippen LogP contribution in [0, 0.1) is 0 Å². The van der Waals surface area contributed by atoms with Crippen LogP contribution in [-0.4, -0.2) is 26.7 Å². The first-order valence-electron chi connectivity index (χ1n) is 8.96. The molecule has 0 radical (unpaired) electrons. The molecular formula is C20H19N5O2S. The number of nitrogens with two attached hydrogens (primary N) is 1. The average molecular weight is 393 g/mol. The fourth-order valence-corrected chi connectivity index (χ4v) is 4.04. The molecule has 1 fully saturated rings. The Bertz CT molecular complexity index is 986. The van der Waals surface area contributed by atoms with Gasteiger partial charge in [0.2, 0.25) is 5.91 Å². The fourth-order valence-electron chi connectivity index (χ4n) is 2.98. The molecule has 1 saturated carbocycles. The quantitative estimate of drug-likeness (QED) is 0.626. The molecule has 1 aliphatic carbocycles. The van der Waals surface area contributed by atoms with Gasteiger partial charge in [0.05, 0.1) is 0 Å². The predicted octanol–water partition coefficient (Wildman–Crippen LogP) is 3.17. The van der Waals surface area contributed by atoms with E-state index in [4.69, 9.17) is 5.73 Å². The van der Waals surface area contributed by atoms with Crippen molar-refractivity contribution in [1.29, 1.82) is 0 Å². The monoisotopic (exact) mass is 393 g/mol. The molecule has 0 aliphatic heterocycles. The third-order valence-corrected chi connectivity index (χ3v) is 5.62. The van der Waals surface area contributed by atoms with E-state index < -0.39 is 17.2 Å². The number of para-hydroxylation sites is 1. The van der Waals surface area contributed by atoms with Crippen LogP contribution in [0.2, 0.25) is 0 Å². The smallest absolute Gasteiger partial charge is 0.318 e. The molecule has 1 aromatic heterocycles. The molecule has 28 heavy (non-hydrogen) atoms. The van der Waals surface area contributed by atoms with E-state index in [2.05, 4.69) is 15.5 Å². The zero-order chi connectivity index (χ0) is 19.5. The van der Waals surface area contributed by atoms with Crippen molar-refractivity contribution in [2.45, 2.75) is 29.2 Å². The van der Waals surface area contributed by atoms with Crippen molar-refractivity contribution in [2.24, 2.45) is 5.73 Å². The minimum atomic E-state index is -0.880. The highest BCUT2D eigenvalue weighted by molar-refractivity contribution is 8.00. The number of urea groups is 1. The van der Waals surface area contributed by atoms with Gasteiger partial charge in [0.25, 0.3) is 0 Å². The molecule has 3 amide bonds. The Hall–Kier alpha value is -3.13. The highest BCUT2D eigenvalue weighted by Crippen LogP contribution is 2.43. The fraction of sp³-hybridized carbons (Fsp3) is 0.200. The Labute approximate surface area is 166 Å². The van der Waals surface area contributed by atoms with Crippen molar-refractivity contribution in [3.05, 3.63) is 72.1 Å². The first kappa shape index (κ1) is 18.2. The van der Waals surface area contributed by atoms with Crippen LogP contribution in [0.1, 0.15) is 35.4 Å². The van der Waals surface area contributed by atoms with E-state index in [0.717, 1.165) is 29.9 Å². The number of imide groups is 1. The lowest BCUT2D eigenvalue weighted by molar-refractivity contribution is -0.119. The van der Waals surface area contributed by atoms with Crippen molar-refractivity contribution in [3.8, 4) is 5.69 Å². The Morgan fingerprint density at radius 3 is 2.29 bits per heavy atom. The molecule has 8 heteroatoms. The summed E-state index contributed by atoms with van der Waals surface area (Å²) in [6.07, 6.45) is 2.17. The summed E-state index contributed by atoms with van der Waals surface area (Å²) < 4.78 is 2.00. The molecule has 3 aromatic rings. The summed E-state index contributed by atoms with van der Waals surface area (Å²) in [6.45, 7) is 0. The SMILES string of the molecule is NC(=O)NC(=O)[C@@H](Sc1nnc(C2CC2)n1-c1ccccc1)c1ccccc1. The molecule has 0 unspecified atom stereocenters. The molecule has 142 valence electrons. The van der Waals surface area contributed by atoms with Gasteiger partial charge in [-0.2, -0.15) is 0 Å². The number of nitrogens with zero attached hydrogens (tertiary/aromatic N) is 3. The number of hydrogen-bond donors (Lipinski definition) is 2. The Balaban J connectivity index is 1.73. The largest absolute Gasteiger partial charge is 0.351 e. The van der Waals surface area contributed by atoms with Crippen molar-refractivity contribution < 1.29 is 9.59 Å². The normalized spacial score (nSPS) is 14.4. The molecule has 1 atom stereocenters. The molecule has 0 spiro atoms. The second-order valence-corrected chi connectivity index (χ2v) is 7.62. The van der Waals surface area contributed by atoms with E-state index in [9.17, 15) is 9.59 Å². The highest BCUT2D eigenvalue weighted by Gasteiger charge is 2.33. The molecule has 0 saturated heterocycles. The van der Waals surface area contributed by atoms with Crippen LogP contribution in [0.15, 0.2) is 65.8 Å². The van der Waals surface area contributed by atoms with Crippen LogP contribution >= 0.6 is 11.8 Å². The number of carbonyl (C=O) groups excluding carboxylic acids is 2. The number of aromatic nitrogens is 3. The lowest BCUT2D eigenvalue weighted by Gasteiger charge is -2.16. The maximum absolute atomic E-state index is 12.7. The standard InChI is InChI=1S/C20H19N5O2S/c21-19(27)22-18(26)16(13-7-3-1-4-8-13)28-20-24-23-17(14-11-12-14)25(20)15-9-5-2-6-10-15/h1-10,14,16H,11-12H2,(H3,21,22,26,27)/t16-/m0/s1. The van der Waals surface area contributed by atoms with Gasteiger partial charge in [-0.15, -0.1) is 10.2 Å². The third-order valence-electron chi connectivity index (χ3n) is 4.43. The summed E-state index contributed by atoms with van der Waals surface area (Å²) in [6, 6.07) is 18.2. The maximum Gasteiger partial charge on any atom is 0.318 e. The molecule has 2 aromatic carbocycles. The van der Waals surface area contributed by atoms with Crippen LogP contribution in [0.5, 0.6) is 0 Å². The Kier molecular flexibility index (Phi) is 5.12. The predicted molar refractivity (Wildman–Crippen MR) is 106 cm³/mol. The van der Waals surface area contributed by atoms with Crippen LogP contribution in [0.3, 0.4) is 0 Å². The summed E-state index contributed by atoms with van der Waals surface area (Å²) in [5.41, 5.74) is 6.86. The molecule has 1 heterocycles. The minimum Gasteiger partial charge on any atom is -0.351 e. The molecular weight excluding hydrogens is 374 g/mol. The van der Waals surface area contributed by atoms with Gasteiger partial charge in [-0.05, 0) is 30.5 Å². The zero-order valence-electron chi connectivity index (χ0n) is 15.0. The zero-order valence-corrected chi connectivity index (χ0v) is 15.8. The van der Waals surface area contributed by atoms with E-state index in [1.807, 2.05) is 65.2 Å². The van der Waals surface area contributed by atoms with Crippen molar-refractivity contribution in [3.63, 3.8) is 0 Å². The van der Waals surface area contributed by atoms with Gasteiger partial charge in [-0.1, -0.05) is 60.3 Å². The van der Waals surface area contributed by atoms with E-state index in [0.29, 0.717) is 11.1 Å². The van der Waals surface area contributed by atoms with Gasteiger partial charge in [0.15, 0.2) is 5.16 Å². The second kappa shape index (κ2) is 7.85. The van der Waals surface area contributed by atoms with Gasteiger partial charge in [0.1, 0.15) is 11.1 Å². The number of thioether (sulfide) groups is 1. The Morgan fingerprint density at radius 1 is 1.04 bits per heavy atom. The number of hydrogen-bond acceptors (Lipinski definition) is 5. The van der Waals surface area contributed by atoms with Gasteiger partial charge in [-0.3, -0.25) is 14.7 Å². The number of benzene rings is 2. The number of primary amides is 1. The van der Waals surface area contributed by atoms with Crippen LogP contribution in [0.25, 0.3) is 5.69 Å². The molecule has 7 nitrogen and oxygen atoms in total. The highest BCUT2D eigenvalue weighted by atomic mass is 32.2. The first-order valence-corrected chi connectivity index (χ1v) is 9.84. The van der Waals surface area contributed by atoms with Crippen LogP contribution in [0.4, 0.5) is 4.79 Å². The summed E-state index contributed by atoms with van der Waals surface area (Å²) in [5, 5.41) is 10.8. The second-order valence-electron chi connectivity index (χ2n) is 6.55. The molecule has 4 rings (SSSR count). The van der Waals surface area contributed by atoms with Gasteiger partial charge < -0.3 is 5.73 Å². The lowest BCUT2D eigenvalue weighted by Crippen LogP contribution is -2.37. The summed E-state index contributed by atoms with van der Waals surface area (Å²) in [5.74, 6) is 0.798. The van der Waals surface area contributed by atoms with Gasteiger partial charge in [-0.25, -0.2) is 4.79 Å². The summed E-state index contributed by atoms with van der Waals surface area (Å²) in [4.78, 5) is 23.9. The summed E-state index contributed by atoms with van der Waals surface area (Å²) >= 11 is 1.25. The van der Waals surface area contributed by atoms with Crippen molar-refractivity contribution in [1.82, 2.24) is 20.1 Å². The number of nitrogens with one attached hydrogen (secondary N) is 1. The average Bonchev–Trinajstić information content (AvgIpc) is 3.46. The maximum atomic E-state index is 12.7. The third kappa shape index (κ3) is 3.91. The van der Waals surface area contributed by atoms with Crippen molar-refractivity contribution >= 4 is 23.7 Å². The van der Waals surface area contributed by atoms with Crippen LogP contribution in [-0.2, 0) is 4.79 Å². The first-order chi connectivity index (χ1) is 13.6.